The van der Waals surface area contributed by atoms with E-state index in [4.69, 9.17) is 10.2 Å². The van der Waals surface area contributed by atoms with Crippen LogP contribution in [0.15, 0.2) is 59.0 Å². The third-order valence-corrected chi connectivity index (χ3v) is 3.65. The molecule has 0 aliphatic heterocycles. The highest BCUT2D eigenvalue weighted by molar-refractivity contribution is 5.98. The molecule has 106 valence electrons. The summed E-state index contributed by atoms with van der Waals surface area (Å²) < 4.78 is 5.69. The van der Waals surface area contributed by atoms with Gasteiger partial charge in [-0.3, -0.25) is 4.79 Å². The first-order valence-electron chi connectivity index (χ1n) is 6.98. The summed E-state index contributed by atoms with van der Waals surface area (Å²) >= 11 is 0. The SMILES string of the molecule is Cc1cccc2cc(C(=O)CC(N)c3ccccc3)oc12. The number of benzene rings is 2. The standard InChI is InChI=1S/C18H17NO2/c1-12-6-5-9-14-10-17(21-18(12)14)16(20)11-15(19)13-7-3-2-4-8-13/h2-10,15H,11,19H2,1H3. The largest absolute Gasteiger partial charge is 0.453 e. The van der Waals surface area contributed by atoms with Gasteiger partial charge < -0.3 is 10.2 Å². The zero-order valence-electron chi connectivity index (χ0n) is 11.9. The molecular weight excluding hydrogens is 262 g/mol. The molecule has 2 N–H and O–H groups in total. The van der Waals surface area contributed by atoms with Crippen molar-refractivity contribution in [1.82, 2.24) is 0 Å². The van der Waals surface area contributed by atoms with Crippen LogP contribution in [0, 0.1) is 6.92 Å². The third kappa shape index (κ3) is 2.73. The molecule has 0 fully saturated rings. The van der Waals surface area contributed by atoms with E-state index in [-0.39, 0.29) is 18.2 Å². The number of hydrogen-bond acceptors (Lipinski definition) is 3. The summed E-state index contributed by atoms with van der Waals surface area (Å²) in [7, 11) is 0. The number of furan rings is 1. The highest BCUT2D eigenvalue weighted by Gasteiger charge is 2.17. The Morgan fingerprint density at radius 3 is 2.62 bits per heavy atom. The van der Waals surface area contributed by atoms with Gasteiger partial charge in [0.2, 0.25) is 0 Å². The highest BCUT2D eigenvalue weighted by atomic mass is 16.3. The second-order valence-electron chi connectivity index (χ2n) is 5.25. The molecule has 0 bridgehead atoms. The smallest absolute Gasteiger partial charge is 0.199 e. The van der Waals surface area contributed by atoms with Crippen molar-refractivity contribution < 1.29 is 9.21 Å². The average molecular weight is 279 g/mol. The number of fused-ring (bicyclic) bond motifs is 1. The second kappa shape index (κ2) is 5.54. The minimum absolute atomic E-state index is 0.0676. The molecule has 0 amide bonds. The van der Waals surface area contributed by atoms with Crippen LogP contribution < -0.4 is 5.73 Å². The molecule has 1 unspecified atom stereocenters. The van der Waals surface area contributed by atoms with E-state index in [1.807, 2.05) is 55.5 Å². The number of hydrogen-bond donors (Lipinski definition) is 1. The van der Waals surface area contributed by atoms with Crippen molar-refractivity contribution in [3.8, 4) is 0 Å². The molecule has 1 heterocycles. The Balaban J connectivity index is 1.82. The van der Waals surface area contributed by atoms with Gasteiger partial charge in [-0.1, -0.05) is 48.5 Å². The minimum Gasteiger partial charge on any atom is -0.453 e. The van der Waals surface area contributed by atoms with Crippen molar-refractivity contribution in [2.24, 2.45) is 5.73 Å². The molecule has 2 aromatic carbocycles. The van der Waals surface area contributed by atoms with Crippen molar-refractivity contribution in [3.63, 3.8) is 0 Å². The average Bonchev–Trinajstić information content (AvgIpc) is 2.94. The van der Waals surface area contributed by atoms with Crippen molar-refractivity contribution in [2.45, 2.75) is 19.4 Å². The normalized spacial score (nSPS) is 12.5. The van der Waals surface area contributed by atoms with Crippen LogP contribution in [0.1, 0.15) is 34.1 Å². The summed E-state index contributed by atoms with van der Waals surface area (Å²) in [6.07, 6.45) is 0.239. The first kappa shape index (κ1) is 13.6. The van der Waals surface area contributed by atoms with Crippen LogP contribution in [0.5, 0.6) is 0 Å². The fraction of sp³-hybridized carbons (Fsp3) is 0.167. The molecule has 1 aromatic heterocycles. The molecule has 3 nitrogen and oxygen atoms in total. The van der Waals surface area contributed by atoms with E-state index in [9.17, 15) is 4.79 Å². The quantitative estimate of drug-likeness (QED) is 0.734. The first-order chi connectivity index (χ1) is 10.1. The first-order valence-corrected chi connectivity index (χ1v) is 6.98. The summed E-state index contributed by atoms with van der Waals surface area (Å²) in [6.45, 7) is 1.97. The molecule has 3 rings (SSSR count). The van der Waals surface area contributed by atoms with E-state index < -0.39 is 0 Å². The van der Waals surface area contributed by atoms with Crippen LogP contribution in [-0.2, 0) is 0 Å². The van der Waals surface area contributed by atoms with Gasteiger partial charge in [0, 0.05) is 17.8 Å². The van der Waals surface area contributed by atoms with E-state index in [1.54, 1.807) is 6.07 Å². The molecule has 0 radical (unpaired) electrons. The Kier molecular flexibility index (Phi) is 3.59. The Morgan fingerprint density at radius 2 is 1.90 bits per heavy atom. The van der Waals surface area contributed by atoms with Crippen molar-refractivity contribution >= 4 is 16.8 Å². The zero-order valence-corrected chi connectivity index (χ0v) is 11.9. The molecule has 0 aliphatic rings. The molecule has 3 heteroatoms. The van der Waals surface area contributed by atoms with Gasteiger partial charge in [0.1, 0.15) is 5.58 Å². The van der Waals surface area contributed by atoms with E-state index in [0.717, 1.165) is 22.1 Å². The van der Waals surface area contributed by atoms with Crippen molar-refractivity contribution in [1.29, 1.82) is 0 Å². The summed E-state index contributed by atoms with van der Waals surface area (Å²) in [5.74, 6) is 0.313. The van der Waals surface area contributed by atoms with E-state index in [0.29, 0.717) is 5.76 Å². The Labute approximate surface area is 123 Å². The number of ketones is 1. The van der Waals surface area contributed by atoms with Gasteiger partial charge in [0.05, 0.1) is 0 Å². The fourth-order valence-electron chi connectivity index (χ4n) is 2.46. The minimum atomic E-state index is -0.312. The van der Waals surface area contributed by atoms with E-state index >= 15 is 0 Å². The Bertz CT molecular complexity index is 774. The number of para-hydroxylation sites is 1. The third-order valence-electron chi connectivity index (χ3n) is 3.65. The van der Waals surface area contributed by atoms with Crippen LogP contribution >= 0.6 is 0 Å². The van der Waals surface area contributed by atoms with Crippen LogP contribution in [0.2, 0.25) is 0 Å². The number of rotatable bonds is 4. The molecule has 0 aliphatic carbocycles. The molecule has 1 atom stereocenters. The lowest BCUT2D eigenvalue weighted by atomic mass is 10.0. The summed E-state index contributed by atoms with van der Waals surface area (Å²) in [5.41, 5.74) is 8.85. The number of carbonyl (C=O) groups excluding carboxylic acids is 1. The molecule has 0 saturated carbocycles. The van der Waals surface area contributed by atoms with Gasteiger partial charge in [0.15, 0.2) is 11.5 Å². The van der Waals surface area contributed by atoms with E-state index in [2.05, 4.69) is 0 Å². The maximum Gasteiger partial charge on any atom is 0.199 e. The molecule has 0 saturated heterocycles. The predicted octanol–water partition coefficient (Wildman–Crippen LogP) is 4.01. The van der Waals surface area contributed by atoms with Gasteiger partial charge >= 0.3 is 0 Å². The van der Waals surface area contributed by atoms with E-state index in [1.165, 1.54) is 0 Å². The second-order valence-corrected chi connectivity index (χ2v) is 5.25. The van der Waals surface area contributed by atoms with Gasteiger partial charge in [-0.2, -0.15) is 0 Å². The predicted molar refractivity (Wildman–Crippen MR) is 83.3 cm³/mol. The fourth-order valence-corrected chi connectivity index (χ4v) is 2.46. The van der Waals surface area contributed by atoms with Gasteiger partial charge in [-0.05, 0) is 24.1 Å². The highest BCUT2D eigenvalue weighted by Crippen LogP contribution is 2.25. The van der Waals surface area contributed by atoms with Crippen molar-refractivity contribution in [3.05, 3.63) is 71.5 Å². The van der Waals surface area contributed by atoms with Gasteiger partial charge in [-0.15, -0.1) is 0 Å². The summed E-state index contributed by atoms with van der Waals surface area (Å²) in [6, 6.07) is 17.0. The number of nitrogens with two attached hydrogens (primary N) is 1. The van der Waals surface area contributed by atoms with Gasteiger partial charge in [-0.25, -0.2) is 0 Å². The van der Waals surface area contributed by atoms with Crippen LogP contribution in [-0.4, -0.2) is 5.78 Å². The lowest BCUT2D eigenvalue weighted by Gasteiger charge is -2.09. The van der Waals surface area contributed by atoms with Crippen molar-refractivity contribution in [2.75, 3.05) is 0 Å². The Hall–Kier alpha value is -2.39. The number of Topliss-reactive ketones (excluding diaryl/α,β-unsaturated/α-hetero) is 1. The molecule has 21 heavy (non-hydrogen) atoms. The molecule has 0 spiro atoms. The zero-order chi connectivity index (χ0) is 14.8. The maximum atomic E-state index is 12.3. The summed E-state index contributed by atoms with van der Waals surface area (Å²) in [5, 5.41) is 0.951. The van der Waals surface area contributed by atoms with Crippen LogP contribution in [0.3, 0.4) is 0 Å². The monoisotopic (exact) mass is 279 g/mol. The van der Waals surface area contributed by atoms with Crippen LogP contribution in [0.25, 0.3) is 11.0 Å². The number of carbonyl (C=O) groups is 1. The molecular formula is C18H17NO2. The topological polar surface area (TPSA) is 56.2 Å². The number of aryl methyl sites for hydroxylation is 1. The van der Waals surface area contributed by atoms with Gasteiger partial charge in [0.25, 0.3) is 0 Å². The Morgan fingerprint density at radius 1 is 1.14 bits per heavy atom. The summed E-state index contributed by atoms with van der Waals surface area (Å²) in [4.78, 5) is 12.3. The van der Waals surface area contributed by atoms with Crippen LogP contribution in [0.4, 0.5) is 0 Å². The maximum absolute atomic E-state index is 12.3. The molecule has 3 aromatic rings. The lowest BCUT2D eigenvalue weighted by molar-refractivity contribution is 0.0949. The lowest BCUT2D eigenvalue weighted by Crippen LogP contribution is -2.15.